The highest BCUT2D eigenvalue weighted by molar-refractivity contribution is 9.10. The fourth-order valence-electron chi connectivity index (χ4n) is 1.70. The van der Waals surface area contributed by atoms with E-state index in [0.29, 0.717) is 9.86 Å². The second-order valence-corrected chi connectivity index (χ2v) is 4.46. The topological polar surface area (TPSA) is 101 Å². The number of benzene rings is 2. The van der Waals surface area contributed by atoms with Crippen LogP contribution in [0.3, 0.4) is 0 Å². The Kier molecular flexibility index (Phi) is 2.92. The number of nitro groups is 1. The predicted molar refractivity (Wildman–Crippen MR) is 66.9 cm³/mol. The Hall–Kier alpha value is -2.15. The SMILES string of the molecule is O=C(O)c1cc2cc(Br)ccc2c([N+](=O)[O-])c1O. The number of nitrogens with zero attached hydrogens (tertiary/aromatic N) is 1. The van der Waals surface area contributed by atoms with E-state index in [0.717, 1.165) is 0 Å². The summed E-state index contributed by atoms with van der Waals surface area (Å²) < 4.78 is 0.659. The molecule has 2 N–H and O–H groups in total. The lowest BCUT2D eigenvalue weighted by atomic mass is 10.0. The first-order chi connectivity index (χ1) is 8.41. The summed E-state index contributed by atoms with van der Waals surface area (Å²) in [6, 6.07) is 5.77. The lowest BCUT2D eigenvalue weighted by Gasteiger charge is -2.05. The summed E-state index contributed by atoms with van der Waals surface area (Å²) in [7, 11) is 0. The lowest BCUT2D eigenvalue weighted by Crippen LogP contribution is -2.00. The van der Waals surface area contributed by atoms with Gasteiger partial charge in [-0.3, -0.25) is 10.1 Å². The highest BCUT2D eigenvalue weighted by Gasteiger charge is 2.25. The number of carboxylic acids is 1. The van der Waals surface area contributed by atoms with E-state index in [4.69, 9.17) is 5.11 Å². The number of nitro benzene ring substituents is 1. The van der Waals surface area contributed by atoms with Gasteiger partial charge in [0.15, 0.2) is 0 Å². The van der Waals surface area contributed by atoms with Crippen LogP contribution in [-0.4, -0.2) is 21.1 Å². The Balaban J connectivity index is 2.96. The molecule has 0 heterocycles. The van der Waals surface area contributed by atoms with Crippen LogP contribution in [0, 0.1) is 10.1 Å². The highest BCUT2D eigenvalue weighted by atomic mass is 79.9. The third-order valence-electron chi connectivity index (χ3n) is 2.46. The minimum Gasteiger partial charge on any atom is -0.501 e. The van der Waals surface area contributed by atoms with Crippen molar-refractivity contribution in [3.63, 3.8) is 0 Å². The fourth-order valence-corrected chi connectivity index (χ4v) is 2.07. The van der Waals surface area contributed by atoms with Crippen LogP contribution in [0.1, 0.15) is 10.4 Å². The van der Waals surface area contributed by atoms with Gasteiger partial charge in [-0.25, -0.2) is 4.79 Å². The number of halogens is 1. The van der Waals surface area contributed by atoms with Crippen LogP contribution in [0.2, 0.25) is 0 Å². The Labute approximate surface area is 109 Å². The maximum Gasteiger partial charge on any atom is 0.339 e. The van der Waals surface area contributed by atoms with Gasteiger partial charge in [-0.1, -0.05) is 15.9 Å². The minimum absolute atomic E-state index is 0.186. The van der Waals surface area contributed by atoms with Crippen molar-refractivity contribution in [2.45, 2.75) is 0 Å². The Morgan fingerprint density at radius 1 is 1.33 bits per heavy atom. The van der Waals surface area contributed by atoms with E-state index >= 15 is 0 Å². The van der Waals surface area contributed by atoms with Crippen LogP contribution >= 0.6 is 15.9 Å². The summed E-state index contributed by atoms with van der Waals surface area (Å²) in [5.41, 5.74) is -1.09. The predicted octanol–water partition coefficient (Wildman–Crippen LogP) is 2.91. The molecule has 92 valence electrons. The molecule has 18 heavy (non-hydrogen) atoms. The van der Waals surface area contributed by atoms with Gasteiger partial charge in [-0.15, -0.1) is 0 Å². The lowest BCUT2D eigenvalue weighted by molar-refractivity contribution is -0.384. The number of rotatable bonds is 2. The maximum atomic E-state index is 10.9. The standard InChI is InChI=1S/C11H6BrNO5/c12-6-1-2-7-5(3-6)4-8(11(15)16)10(14)9(7)13(17)18/h1-4,14H,(H,15,16). The molecule has 0 aliphatic carbocycles. The van der Waals surface area contributed by atoms with E-state index in [1.165, 1.54) is 12.1 Å². The first kappa shape index (κ1) is 12.3. The molecule has 2 rings (SSSR count). The summed E-state index contributed by atoms with van der Waals surface area (Å²) >= 11 is 3.19. The summed E-state index contributed by atoms with van der Waals surface area (Å²) in [6.45, 7) is 0. The van der Waals surface area contributed by atoms with E-state index in [2.05, 4.69) is 15.9 Å². The summed E-state index contributed by atoms with van der Waals surface area (Å²) in [5.74, 6) is -2.25. The van der Waals surface area contributed by atoms with Gasteiger partial charge in [0.25, 0.3) is 0 Å². The monoisotopic (exact) mass is 311 g/mol. The molecule has 0 saturated heterocycles. The van der Waals surface area contributed by atoms with Gasteiger partial charge in [0.1, 0.15) is 5.56 Å². The van der Waals surface area contributed by atoms with Crippen LogP contribution in [0.15, 0.2) is 28.7 Å². The molecule has 0 aliphatic heterocycles. The van der Waals surface area contributed by atoms with Gasteiger partial charge in [0, 0.05) is 4.47 Å². The maximum absolute atomic E-state index is 10.9. The number of fused-ring (bicyclic) bond motifs is 1. The van der Waals surface area contributed by atoms with Crippen molar-refractivity contribution in [2.24, 2.45) is 0 Å². The normalized spacial score (nSPS) is 10.5. The van der Waals surface area contributed by atoms with Crippen LogP contribution in [0.25, 0.3) is 10.8 Å². The molecule has 0 fully saturated rings. The van der Waals surface area contributed by atoms with Crippen molar-refractivity contribution in [3.8, 4) is 5.75 Å². The minimum atomic E-state index is -1.42. The van der Waals surface area contributed by atoms with Gasteiger partial charge >= 0.3 is 11.7 Å². The van der Waals surface area contributed by atoms with Crippen molar-refractivity contribution >= 4 is 38.4 Å². The molecular formula is C11H6BrNO5. The molecule has 0 spiro atoms. The zero-order valence-electron chi connectivity index (χ0n) is 8.75. The number of carboxylic acid groups (broad SMARTS) is 1. The average molecular weight is 312 g/mol. The van der Waals surface area contributed by atoms with Gasteiger partial charge in [0.2, 0.25) is 5.75 Å². The fraction of sp³-hybridized carbons (Fsp3) is 0. The molecular weight excluding hydrogens is 306 g/mol. The Morgan fingerprint density at radius 2 is 2.00 bits per heavy atom. The number of hydrogen-bond acceptors (Lipinski definition) is 4. The summed E-state index contributed by atoms with van der Waals surface area (Å²) in [4.78, 5) is 21.1. The van der Waals surface area contributed by atoms with Crippen LogP contribution in [0.4, 0.5) is 5.69 Å². The Morgan fingerprint density at radius 3 is 2.56 bits per heavy atom. The number of aromatic hydroxyl groups is 1. The molecule has 0 unspecified atom stereocenters. The van der Waals surface area contributed by atoms with E-state index in [1.54, 1.807) is 12.1 Å². The number of phenols is 1. The smallest absolute Gasteiger partial charge is 0.339 e. The molecule has 2 aromatic carbocycles. The highest BCUT2D eigenvalue weighted by Crippen LogP contribution is 2.38. The first-order valence-electron chi connectivity index (χ1n) is 4.74. The van der Waals surface area contributed by atoms with Gasteiger partial charge < -0.3 is 10.2 Å². The van der Waals surface area contributed by atoms with E-state index in [-0.39, 0.29) is 5.39 Å². The van der Waals surface area contributed by atoms with Crippen molar-refractivity contribution in [1.29, 1.82) is 0 Å². The Bertz CT molecular complexity index is 683. The zero-order valence-corrected chi connectivity index (χ0v) is 10.3. The second-order valence-electron chi connectivity index (χ2n) is 3.55. The largest absolute Gasteiger partial charge is 0.501 e. The zero-order chi connectivity index (χ0) is 13.4. The van der Waals surface area contributed by atoms with Crippen molar-refractivity contribution in [2.75, 3.05) is 0 Å². The van der Waals surface area contributed by atoms with Gasteiger partial charge in [-0.2, -0.15) is 0 Å². The molecule has 0 amide bonds. The van der Waals surface area contributed by atoms with Crippen LogP contribution in [0.5, 0.6) is 5.75 Å². The van der Waals surface area contributed by atoms with Gasteiger partial charge in [-0.05, 0) is 29.7 Å². The van der Waals surface area contributed by atoms with Crippen LogP contribution < -0.4 is 0 Å². The molecule has 0 aliphatic rings. The summed E-state index contributed by atoms with van der Waals surface area (Å²) in [6.07, 6.45) is 0. The number of aromatic carboxylic acids is 1. The van der Waals surface area contributed by atoms with E-state index in [9.17, 15) is 20.0 Å². The summed E-state index contributed by atoms with van der Waals surface area (Å²) in [5, 5.41) is 30.1. The van der Waals surface area contributed by atoms with Crippen molar-refractivity contribution in [3.05, 3.63) is 44.4 Å². The molecule has 0 atom stereocenters. The number of hydrogen-bond donors (Lipinski definition) is 2. The van der Waals surface area contributed by atoms with Crippen LogP contribution in [-0.2, 0) is 0 Å². The first-order valence-corrected chi connectivity index (χ1v) is 5.54. The van der Waals surface area contributed by atoms with Gasteiger partial charge in [0.05, 0.1) is 10.3 Å². The third-order valence-corrected chi connectivity index (χ3v) is 2.95. The molecule has 0 aromatic heterocycles. The number of carbonyl (C=O) groups is 1. The third kappa shape index (κ3) is 1.88. The average Bonchev–Trinajstić information content (AvgIpc) is 2.27. The molecule has 0 bridgehead atoms. The molecule has 2 aromatic rings. The van der Waals surface area contributed by atoms with Crippen molar-refractivity contribution < 1.29 is 19.9 Å². The molecule has 0 radical (unpaired) electrons. The van der Waals surface area contributed by atoms with E-state index in [1.807, 2.05) is 0 Å². The quantitative estimate of drug-likeness (QED) is 0.656. The second kappa shape index (κ2) is 4.26. The molecule has 0 saturated carbocycles. The van der Waals surface area contributed by atoms with E-state index < -0.39 is 27.9 Å². The van der Waals surface area contributed by atoms with Crippen molar-refractivity contribution in [1.82, 2.24) is 0 Å². The molecule has 6 nitrogen and oxygen atoms in total. The molecule has 7 heteroatoms.